The van der Waals surface area contributed by atoms with Crippen molar-refractivity contribution in [1.82, 2.24) is 10.7 Å². The van der Waals surface area contributed by atoms with Crippen molar-refractivity contribution < 1.29 is 4.79 Å². The van der Waals surface area contributed by atoms with Gasteiger partial charge in [-0.1, -0.05) is 42.5 Å². The first-order valence-electron chi connectivity index (χ1n) is 8.88. The Kier molecular flexibility index (Phi) is 8.51. The Morgan fingerprint density at radius 1 is 0.767 bits per heavy atom. The Labute approximate surface area is 201 Å². The van der Waals surface area contributed by atoms with Crippen LogP contribution in [0.1, 0.15) is 21.5 Å². The van der Waals surface area contributed by atoms with Crippen LogP contribution < -0.4 is 10.7 Å². The number of nitrogens with one attached hydrogen (secondary N) is 2. The predicted molar refractivity (Wildman–Crippen MR) is 138 cm³/mol. The molecule has 0 spiro atoms. The van der Waals surface area contributed by atoms with Gasteiger partial charge in [-0.25, -0.2) is 5.43 Å². The van der Waals surface area contributed by atoms with Crippen molar-refractivity contribution in [3.63, 3.8) is 0 Å². The molecule has 0 bridgehead atoms. The molecule has 3 aromatic rings. The third-order valence-corrected chi connectivity index (χ3v) is 5.19. The molecule has 0 saturated carbocycles. The van der Waals surface area contributed by atoms with Crippen molar-refractivity contribution in [2.45, 2.75) is 0 Å². The summed E-state index contributed by atoms with van der Waals surface area (Å²) in [5.74, 6) is -0.192. The van der Waals surface area contributed by atoms with Gasteiger partial charge in [-0.15, -0.1) is 5.10 Å². The molecule has 1 amide bonds. The van der Waals surface area contributed by atoms with Gasteiger partial charge in [0.1, 0.15) is 0 Å². The highest BCUT2D eigenvalue weighted by Crippen LogP contribution is 2.06. The van der Waals surface area contributed by atoms with E-state index in [0.29, 0.717) is 5.56 Å². The Hall–Kier alpha value is -2.60. The normalized spacial score (nSPS) is 11.7. The molecule has 6 nitrogen and oxygen atoms in total. The molecule has 2 N–H and O–H groups in total. The SMILES string of the molecule is O=C(N/C(=N/N=C/c1ccc(I)cc1)N/N=C/c1ccc(I)cc1)c1ccccc1. The molecule has 0 saturated heterocycles. The van der Waals surface area contributed by atoms with Crippen LogP contribution in [0, 0.1) is 7.14 Å². The van der Waals surface area contributed by atoms with Gasteiger partial charge < -0.3 is 0 Å². The van der Waals surface area contributed by atoms with Crippen LogP contribution in [0.2, 0.25) is 0 Å². The largest absolute Gasteiger partial charge is 0.290 e. The number of hydrogen-bond acceptors (Lipinski definition) is 4. The summed E-state index contributed by atoms with van der Waals surface area (Å²) >= 11 is 4.48. The van der Waals surface area contributed by atoms with Crippen LogP contribution in [0.3, 0.4) is 0 Å². The van der Waals surface area contributed by atoms with E-state index in [1.54, 1.807) is 36.7 Å². The zero-order chi connectivity index (χ0) is 21.2. The average molecular weight is 621 g/mol. The molecule has 0 aromatic heterocycles. The van der Waals surface area contributed by atoms with E-state index in [4.69, 9.17) is 0 Å². The standard InChI is InChI=1S/C22H17I2N5O/c23-19-10-6-16(7-11-19)14-25-28-22(27-21(30)18-4-2-1-3-5-18)29-26-15-17-8-12-20(24)13-9-17/h1-15H,(H2,27,28,29,30)/b25-14+,26-15+. The van der Waals surface area contributed by atoms with Gasteiger partial charge in [-0.2, -0.15) is 10.2 Å². The highest BCUT2D eigenvalue weighted by Gasteiger charge is 2.07. The number of benzene rings is 3. The Balaban J connectivity index is 1.73. The zero-order valence-electron chi connectivity index (χ0n) is 15.7. The third kappa shape index (κ3) is 7.34. The number of hydrogen-bond donors (Lipinski definition) is 2. The smallest absolute Gasteiger partial charge is 0.258 e. The van der Waals surface area contributed by atoms with Crippen LogP contribution in [0.15, 0.2) is 94.2 Å². The van der Waals surface area contributed by atoms with Crippen LogP contribution in [0.5, 0.6) is 0 Å². The molecule has 0 heterocycles. The molecule has 30 heavy (non-hydrogen) atoms. The lowest BCUT2D eigenvalue weighted by Gasteiger charge is -2.06. The fourth-order valence-electron chi connectivity index (χ4n) is 2.26. The molecule has 8 heteroatoms. The van der Waals surface area contributed by atoms with Crippen LogP contribution >= 0.6 is 45.2 Å². The number of hydrazone groups is 1. The number of halogens is 2. The van der Waals surface area contributed by atoms with Gasteiger partial charge in [-0.05, 0) is 92.7 Å². The lowest BCUT2D eigenvalue weighted by Crippen LogP contribution is -2.38. The van der Waals surface area contributed by atoms with E-state index in [1.165, 1.54) is 0 Å². The molecule has 3 rings (SSSR count). The highest BCUT2D eigenvalue weighted by atomic mass is 127. The lowest BCUT2D eigenvalue weighted by molar-refractivity contribution is 0.0975. The summed E-state index contributed by atoms with van der Waals surface area (Å²) in [6.07, 6.45) is 3.25. The highest BCUT2D eigenvalue weighted by molar-refractivity contribution is 14.1. The van der Waals surface area contributed by atoms with E-state index in [1.807, 2.05) is 54.6 Å². The average Bonchev–Trinajstić information content (AvgIpc) is 2.77. The minimum atomic E-state index is -0.309. The summed E-state index contributed by atoms with van der Waals surface area (Å²) in [6.45, 7) is 0. The summed E-state index contributed by atoms with van der Waals surface area (Å²) in [7, 11) is 0. The Morgan fingerprint density at radius 2 is 1.33 bits per heavy atom. The molecule has 0 aliphatic carbocycles. The summed E-state index contributed by atoms with van der Waals surface area (Å²) < 4.78 is 2.27. The van der Waals surface area contributed by atoms with Crippen molar-refractivity contribution in [2.75, 3.05) is 0 Å². The maximum Gasteiger partial charge on any atom is 0.258 e. The van der Waals surface area contributed by atoms with E-state index >= 15 is 0 Å². The molecule has 0 radical (unpaired) electrons. The van der Waals surface area contributed by atoms with Gasteiger partial charge in [0.2, 0.25) is 5.96 Å². The fourth-order valence-corrected chi connectivity index (χ4v) is 2.98. The molecular formula is C22H17I2N5O. The molecule has 0 atom stereocenters. The zero-order valence-corrected chi connectivity index (χ0v) is 20.0. The molecular weight excluding hydrogens is 604 g/mol. The van der Waals surface area contributed by atoms with Crippen LogP contribution in [-0.4, -0.2) is 24.3 Å². The lowest BCUT2D eigenvalue weighted by atomic mass is 10.2. The summed E-state index contributed by atoms with van der Waals surface area (Å²) in [4.78, 5) is 12.5. The van der Waals surface area contributed by atoms with Crippen LogP contribution in [0.25, 0.3) is 0 Å². The minimum absolute atomic E-state index is 0.118. The Morgan fingerprint density at radius 3 is 1.93 bits per heavy atom. The quantitative estimate of drug-likeness (QED) is 0.189. The first-order chi connectivity index (χ1) is 14.6. The van der Waals surface area contributed by atoms with Gasteiger partial charge >= 0.3 is 0 Å². The topological polar surface area (TPSA) is 78.2 Å². The maximum atomic E-state index is 12.5. The summed E-state index contributed by atoms with van der Waals surface area (Å²) in [5, 5.41) is 15.0. The van der Waals surface area contributed by atoms with Crippen LogP contribution in [-0.2, 0) is 0 Å². The number of guanidine groups is 1. The van der Waals surface area contributed by atoms with Crippen molar-refractivity contribution >= 4 is 69.5 Å². The predicted octanol–water partition coefficient (Wildman–Crippen LogP) is 4.64. The molecule has 150 valence electrons. The fraction of sp³-hybridized carbons (Fsp3) is 0. The molecule has 3 aromatic carbocycles. The first kappa shape index (κ1) is 22.1. The third-order valence-electron chi connectivity index (χ3n) is 3.76. The second kappa shape index (κ2) is 11.6. The van der Waals surface area contributed by atoms with Crippen molar-refractivity contribution in [3.8, 4) is 0 Å². The number of carbonyl (C=O) groups excluding carboxylic acids is 1. The van der Waals surface area contributed by atoms with E-state index < -0.39 is 0 Å². The van der Waals surface area contributed by atoms with Crippen molar-refractivity contribution in [2.24, 2.45) is 15.3 Å². The molecule has 0 fully saturated rings. The van der Waals surface area contributed by atoms with Gasteiger partial charge in [0, 0.05) is 12.7 Å². The van der Waals surface area contributed by atoms with Crippen molar-refractivity contribution in [3.05, 3.63) is 103 Å². The van der Waals surface area contributed by atoms with Crippen LogP contribution in [0.4, 0.5) is 0 Å². The van der Waals surface area contributed by atoms with Gasteiger partial charge in [0.05, 0.1) is 12.4 Å². The summed E-state index contributed by atoms with van der Waals surface area (Å²) in [5.41, 5.74) is 5.07. The number of rotatable bonds is 5. The minimum Gasteiger partial charge on any atom is -0.290 e. The van der Waals surface area contributed by atoms with E-state index in [2.05, 4.69) is 71.2 Å². The first-order valence-corrected chi connectivity index (χ1v) is 11.0. The molecule has 0 unspecified atom stereocenters. The maximum absolute atomic E-state index is 12.5. The van der Waals surface area contributed by atoms with Crippen molar-refractivity contribution in [1.29, 1.82) is 0 Å². The monoisotopic (exact) mass is 621 g/mol. The van der Waals surface area contributed by atoms with Gasteiger partial charge in [0.25, 0.3) is 5.91 Å². The number of nitrogens with zero attached hydrogens (tertiary/aromatic N) is 3. The molecule has 0 aliphatic heterocycles. The van der Waals surface area contributed by atoms with Gasteiger partial charge in [0.15, 0.2) is 0 Å². The number of carbonyl (C=O) groups is 1. The van der Waals surface area contributed by atoms with E-state index in [-0.39, 0.29) is 11.9 Å². The summed E-state index contributed by atoms with van der Waals surface area (Å²) in [6, 6.07) is 24.6. The van der Waals surface area contributed by atoms with Gasteiger partial charge in [-0.3, -0.25) is 10.1 Å². The number of amides is 1. The van der Waals surface area contributed by atoms with E-state index in [0.717, 1.165) is 18.3 Å². The van der Waals surface area contributed by atoms with E-state index in [9.17, 15) is 4.79 Å². The Bertz CT molecular complexity index is 1060. The molecule has 0 aliphatic rings. The second-order valence-corrected chi connectivity index (χ2v) is 8.48. The second-order valence-electron chi connectivity index (χ2n) is 5.99.